The number of hydrogen-bond acceptors (Lipinski definition) is 1. The summed E-state index contributed by atoms with van der Waals surface area (Å²) in [6.07, 6.45) is 9.11. The van der Waals surface area contributed by atoms with Crippen molar-refractivity contribution >= 4 is 76.8 Å². The topological polar surface area (TPSA) is 8.17 Å². The van der Waals surface area contributed by atoms with E-state index in [9.17, 15) is 0 Å². The van der Waals surface area contributed by atoms with Crippen molar-refractivity contribution in [3.05, 3.63) is 260 Å². The first-order valence-corrected chi connectivity index (χ1v) is 23.7. The zero-order chi connectivity index (χ0) is 45.0. The van der Waals surface area contributed by atoms with Gasteiger partial charge in [0.1, 0.15) is 0 Å². The average Bonchev–Trinajstić information content (AvgIpc) is 3.74. The van der Waals surface area contributed by atoms with Crippen LogP contribution in [0.1, 0.15) is 18.4 Å². The van der Waals surface area contributed by atoms with Gasteiger partial charge in [-0.2, -0.15) is 0 Å². The first-order chi connectivity index (χ1) is 33.7. The molecule has 11 aromatic carbocycles. The van der Waals surface area contributed by atoms with Gasteiger partial charge in [-0.25, -0.2) is 0 Å². The first-order valence-electron chi connectivity index (χ1n) is 23.7. The van der Waals surface area contributed by atoms with E-state index in [-0.39, 0.29) is 0 Å². The quantitative estimate of drug-likeness (QED) is 0.138. The molecule has 2 nitrogen and oxygen atoms in total. The van der Waals surface area contributed by atoms with Crippen molar-refractivity contribution in [2.24, 2.45) is 0 Å². The van der Waals surface area contributed by atoms with Gasteiger partial charge in [0.2, 0.25) is 0 Å². The molecule has 0 amide bonds. The Balaban J connectivity index is 0.977. The summed E-state index contributed by atoms with van der Waals surface area (Å²) in [5, 5.41) is 9.94. The van der Waals surface area contributed by atoms with Crippen LogP contribution in [0.25, 0.3) is 98.8 Å². The molecule has 1 aromatic heterocycles. The predicted octanol–water partition coefficient (Wildman–Crippen LogP) is 18.4. The van der Waals surface area contributed by atoms with Crippen molar-refractivity contribution in [3.8, 4) is 39.1 Å². The Bertz CT molecular complexity index is 3950. The van der Waals surface area contributed by atoms with E-state index in [0.29, 0.717) is 0 Å². The summed E-state index contributed by atoms with van der Waals surface area (Å²) in [5.41, 5.74) is 16.6. The Morgan fingerprint density at radius 2 is 0.971 bits per heavy atom. The highest BCUT2D eigenvalue weighted by molar-refractivity contribution is 6.19. The molecule has 0 unspecified atom stereocenters. The highest BCUT2D eigenvalue weighted by atomic mass is 15.1. The van der Waals surface area contributed by atoms with E-state index >= 15 is 0 Å². The van der Waals surface area contributed by atoms with Crippen LogP contribution in [0.15, 0.2) is 255 Å². The molecule has 0 aliphatic heterocycles. The molecule has 0 fully saturated rings. The van der Waals surface area contributed by atoms with Crippen LogP contribution in [0, 0.1) is 0 Å². The summed E-state index contributed by atoms with van der Waals surface area (Å²) < 4.78 is 2.43. The molecule has 13 rings (SSSR count). The van der Waals surface area contributed by atoms with Gasteiger partial charge in [-0.1, -0.05) is 170 Å². The summed E-state index contributed by atoms with van der Waals surface area (Å²) in [6.45, 7) is 0. The molecule has 68 heavy (non-hydrogen) atoms. The van der Waals surface area contributed by atoms with Gasteiger partial charge in [-0.05, 0) is 175 Å². The van der Waals surface area contributed by atoms with Crippen LogP contribution in [0.4, 0.5) is 17.1 Å². The molecule has 12 aromatic rings. The number of anilines is 3. The lowest BCUT2D eigenvalue weighted by Crippen LogP contribution is -2.10. The second-order valence-electron chi connectivity index (χ2n) is 18.0. The molecule has 1 heterocycles. The number of para-hydroxylation sites is 1. The SMILES string of the molecule is C1=CC(c2cc(-c3ccccc3)cc(-c3ccc(N(c4cccc(-c5cccc6c5c5cc7ccccc7cc5n6-c5ccccc5)c4)c4ccc5c(ccc6ccccc65)c4)cc3)c2)=CCC1. The maximum Gasteiger partial charge on any atom is 0.0547 e. The second kappa shape index (κ2) is 16.6. The van der Waals surface area contributed by atoms with E-state index in [1.807, 2.05) is 0 Å². The van der Waals surface area contributed by atoms with Crippen LogP contribution in [0.2, 0.25) is 0 Å². The van der Waals surface area contributed by atoms with Crippen LogP contribution in [0.3, 0.4) is 0 Å². The van der Waals surface area contributed by atoms with Gasteiger partial charge in [-0.3, -0.25) is 0 Å². The minimum absolute atomic E-state index is 1.07. The summed E-state index contributed by atoms with van der Waals surface area (Å²) in [5.74, 6) is 0. The maximum absolute atomic E-state index is 2.43. The molecule has 320 valence electrons. The summed E-state index contributed by atoms with van der Waals surface area (Å²) in [4.78, 5) is 2.42. The molecule has 0 spiro atoms. The van der Waals surface area contributed by atoms with Crippen molar-refractivity contribution in [2.45, 2.75) is 12.8 Å². The number of aromatic nitrogens is 1. The zero-order valence-corrected chi connectivity index (χ0v) is 37.6. The minimum atomic E-state index is 1.07. The van der Waals surface area contributed by atoms with E-state index in [0.717, 1.165) is 41.2 Å². The molecular formula is C66H46N2. The third-order valence-corrected chi connectivity index (χ3v) is 13.9. The number of rotatable bonds is 8. The number of hydrogen-bond donors (Lipinski definition) is 0. The number of allylic oxidation sites excluding steroid dienone is 4. The smallest absolute Gasteiger partial charge is 0.0547 e. The van der Waals surface area contributed by atoms with E-state index in [4.69, 9.17) is 0 Å². The Hall–Kier alpha value is -8.72. The van der Waals surface area contributed by atoms with Gasteiger partial charge in [0.15, 0.2) is 0 Å². The van der Waals surface area contributed by atoms with Crippen molar-refractivity contribution < 1.29 is 0 Å². The number of nitrogens with zero attached hydrogens (tertiary/aromatic N) is 2. The Kier molecular flexibility index (Phi) is 9.68. The lowest BCUT2D eigenvalue weighted by Gasteiger charge is -2.27. The lowest BCUT2D eigenvalue weighted by molar-refractivity contribution is 1.04. The maximum atomic E-state index is 2.43. The molecule has 0 radical (unpaired) electrons. The highest BCUT2D eigenvalue weighted by Gasteiger charge is 2.20. The van der Waals surface area contributed by atoms with Crippen molar-refractivity contribution in [1.82, 2.24) is 4.57 Å². The Morgan fingerprint density at radius 3 is 1.76 bits per heavy atom. The fourth-order valence-electron chi connectivity index (χ4n) is 10.6. The van der Waals surface area contributed by atoms with Crippen molar-refractivity contribution in [1.29, 1.82) is 0 Å². The monoisotopic (exact) mass is 866 g/mol. The lowest BCUT2D eigenvalue weighted by atomic mass is 9.91. The van der Waals surface area contributed by atoms with Gasteiger partial charge in [0.25, 0.3) is 0 Å². The van der Waals surface area contributed by atoms with E-state index in [1.54, 1.807) is 0 Å². The molecular weight excluding hydrogens is 821 g/mol. The van der Waals surface area contributed by atoms with Crippen molar-refractivity contribution in [2.75, 3.05) is 4.90 Å². The third-order valence-electron chi connectivity index (χ3n) is 13.9. The van der Waals surface area contributed by atoms with E-state index in [2.05, 4.69) is 264 Å². The molecule has 2 heteroatoms. The highest BCUT2D eigenvalue weighted by Crippen LogP contribution is 2.44. The zero-order valence-electron chi connectivity index (χ0n) is 37.6. The molecule has 0 atom stereocenters. The normalized spacial score (nSPS) is 12.6. The standard InChI is InChI=1S/C66H46N2/c1-4-16-45(17-5-1)53-38-54(46-18-6-2-7-19-46)40-55(39-53)47-32-34-57(35-33-47)67(59-36-37-61-52(42-59)31-30-48-20-12-13-27-60(48)61)58-26-14-23-51(41-58)62-28-15-29-64-66(62)63-43-49-21-10-11-22-50(49)44-65(63)68(64)56-24-8-3-9-25-56/h1,3-6,8-44H,2,7H2. The number of fused-ring (bicyclic) bond motifs is 7. The molecule has 1 aliphatic carbocycles. The van der Waals surface area contributed by atoms with Gasteiger partial charge in [-0.15, -0.1) is 0 Å². The Labute approximate surface area is 396 Å². The minimum Gasteiger partial charge on any atom is -0.310 e. The van der Waals surface area contributed by atoms with Crippen LogP contribution in [0.5, 0.6) is 0 Å². The largest absolute Gasteiger partial charge is 0.310 e. The number of benzene rings is 11. The van der Waals surface area contributed by atoms with Crippen molar-refractivity contribution in [3.63, 3.8) is 0 Å². The van der Waals surface area contributed by atoms with Crippen LogP contribution < -0.4 is 4.90 Å². The molecule has 0 saturated carbocycles. The van der Waals surface area contributed by atoms with Gasteiger partial charge >= 0.3 is 0 Å². The molecule has 1 aliphatic rings. The van der Waals surface area contributed by atoms with Crippen LogP contribution >= 0.6 is 0 Å². The second-order valence-corrected chi connectivity index (χ2v) is 18.0. The summed E-state index contributed by atoms with van der Waals surface area (Å²) >= 11 is 0. The summed E-state index contributed by atoms with van der Waals surface area (Å²) in [6, 6.07) is 87.2. The fourth-order valence-corrected chi connectivity index (χ4v) is 10.6. The molecule has 0 saturated heterocycles. The summed E-state index contributed by atoms with van der Waals surface area (Å²) in [7, 11) is 0. The van der Waals surface area contributed by atoms with Crippen LogP contribution in [-0.4, -0.2) is 4.57 Å². The van der Waals surface area contributed by atoms with Crippen LogP contribution in [-0.2, 0) is 0 Å². The molecule has 0 N–H and O–H groups in total. The van der Waals surface area contributed by atoms with Gasteiger partial charge < -0.3 is 9.47 Å². The molecule has 0 bridgehead atoms. The van der Waals surface area contributed by atoms with E-state index in [1.165, 1.54) is 93.1 Å². The van der Waals surface area contributed by atoms with E-state index < -0.39 is 0 Å². The fraction of sp³-hybridized carbons (Fsp3) is 0.0303. The van der Waals surface area contributed by atoms with Gasteiger partial charge in [0, 0.05) is 33.5 Å². The third kappa shape index (κ3) is 6.98. The van der Waals surface area contributed by atoms with Gasteiger partial charge in [0.05, 0.1) is 11.0 Å². The Morgan fingerprint density at radius 1 is 0.338 bits per heavy atom. The predicted molar refractivity (Wildman–Crippen MR) is 291 cm³/mol. The average molecular weight is 867 g/mol. The first kappa shape index (κ1) is 39.6.